The number of para-hydroxylation sites is 2. The van der Waals surface area contributed by atoms with Crippen molar-refractivity contribution in [3.8, 4) is 0 Å². The summed E-state index contributed by atoms with van der Waals surface area (Å²) in [6, 6.07) is 7.87. The van der Waals surface area contributed by atoms with Crippen molar-refractivity contribution < 1.29 is 13.9 Å². The van der Waals surface area contributed by atoms with Crippen LogP contribution in [-0.4, -0.2) is 37.2 Å². The van der Waals surface area contributed by atoms with Crippen LogP contribution >= 0.6 is 0 Å². The predicted octanol–water partition coefficient (Wildman–Crippen LogP) is 2.08. The van der Waals surface area contributed by atoms with E-state index >= 15 is 0 Å². The predicted molar refractivity (Wildman–Crippen MR) is 82.9 cm³/mol. The van der Waals surface area contributed by atoms with Gasteiger partial charge < -0.3 is 19.4 Å². The largest absolute Gasteiger partial charge is 0.451 e. The molecule has 6 nitrogen and oxygen atoms in total. The Morgan fingerprint density at radius 3 is 2.86 bits per heavy atom. The second-order valence-corrected chi connectivity index (χ2v) is 5.14. The summed E-state index contributed by atoms with van der Waals surface area (Å²) in [7, 11) is 0. The molecular weight excluding hydrogens is 282 g/mol. The maximum atomic E-state index is 12.1. The molecule has 0 unspecified atom stereocenters. The normalized spacial score (nSPS) is 14.8. The molecule has 1 saturated heterocycles. The average Bonchev–Trinajstić information content (AvgIpc) is 3.08. The molecule has 0 aliphatic carbocycles. The first-order valence-electron chi connectivity index (χ1n) is 7.41. The number of nitrogens with one attached hydrogen (secondary N) is 1. The maximum Gasteiger partial charge on any atom is 0.224 e. The number of nitrogens with zero attached hydrogens (tertiary/aromatic N) is 2. The van der Waals surface area contributed by atoms with Crippen LogP contribution in [0.1, 0.15) is 12.1 Å². The van der Waals surface area contributed by atoms with E-state index < -0.39 is 0 Å². The summed E-state index contributed by atoms with van der Waals surface area (Å²) in [5.41, 5.74) is 2.67. The molecule has 1 aromatic heterocycles. The highest BCUT2D eigenvalue weighted by Gasteiger charge is 2.15. The van der Waals surface area contributed by atoms with E-state index in [0.29, 0.717) is 26.1 Å². The van der Waals surface area contributed by atoms with Gasteiger partial charge in [0.15, 0.2) is 6.39 Å². The third kappa shape index (κ3) is 3.65. The Kier molecular flexibility index (Phi) is 4.70. The van der Waals surface area contributed by atoms with Gasteiger partial charge in [-0.3, -0.25) is 4.79 Å². The summed E-state index contributed by atoms with van der Waals surface area (Å²) in [6.45, 7) is 3.11. The number of ether oxygens (including phenoxy) is 1. The zero-order valence-electron chi connectivity index (χ0n) is 12.3. The molecule has 2 heterocycles. The van der Waals surface area contributed by atoms with Crippen molar-refractivity contribution in [3.63, 3.8) is 0 Å². The van der Waals surface area contributed by atoms with Gasteiger partial charge in [-0.1, -0.05) is 12.1 Å². The van der Waals surface area contributed by atoms with Crippen LogP contribution in [0.5, 0.6) is 0 Å². The van der Waals surface area contributed by atoms with Crippen molar-refractivity contribution >= 4 is 17.3 Å². The first-order chi connectivity index (χ1) is 10.8. The van der Waals surface area contributed by atoms with Crippen LogP contribution in [0.2, 0.25) is 0 Å². The molecule has 1 aliphatic rings. The van der Waals surface area contributed by atoms with Gasteiger partial charge >= 0.3 is 0 Å². The van der Waals surface area contributed by atoms with Crippen LogP contribution < -0.4 is 10.2 Å². The topological polar surface area (TPSA) is 67.6 Å². The lowest BCUT2D eigenvalue weighted by atomic mass is 10.2. The highest BCUT2D eigenvalue weighted by Crippen LogP contribution is 2.26. The van der Waals surface area contributed by atoms with Gasteiger partial charge in [-0.2, -0.15) is 0 Å². The van der Waals surface area contributed by atoms with Gasteiger partial charge in [0.25, 0.3) is 0 Å². The number of anilines is 2. The summed E-state index contributed by atoms with van der Waals surface area (Å²) < 4.78 is 10.3. The highest BCUT2D eigenvalue weighted by molar-refractivity contribution is 5.94. The summed E-state index contributed by atoms with van der Waals surface area (Å²) in [4.78, 5) is 18.4. The fraction of sp³-hybridized carbons (Fsp3) is 0.375. The molecule has 0 bridgehead atoms. The number of hydrogen-bond acceptors (Lipinski definition) is 5. The summed E-state index contributed by atoms with van der Waals surface area (Å²) in [5, 5.41) is 2.99. The number of aryl methyl sites for hydroxylation is 1. The van der Waals surface area contributed by atoms with Crippen molar-refractivity contribution in [1.82, 2.24) is 4.98 Å². The van der Waals surface area contributed by atoms with E-state index in [-0.39, 0.29) is 5.91 Å². The van der Waals surface area contributed by atoms with Crippen LogP contribution in [0.3, 0.4) is 0 Å². The van der Waals surface area contributed by atoms with E-state index in [1.165, 1.54) is 6.39 Å². The second-order valence-electron chi connectivity index (χ2n) is 5.14. The van der Waals surface area contributed by atoms with Gasteiger partial charge in [-0.15, -0.1) is 0 Å². The molecule has 1 amide bonds. The Balaban J connectivity index is 1.62. The second kappa shape index (κ2) is 7.09. The fourth-order valence-electron chi connectivity index (χ4n) is 2.47. The van der Waals surface area contributed by atoms with E-state index in [2.05, 4.69) is 15.2 Å². The van der Waals surface area contributed by atoms with Crippen LogP contribution in [0.4, 0.5) is 11.4 Å². The molecule has 2 aromatic rings. The Hall–Kier alpha value is -2.34. The molecule has 1 aromatic carbocycles. The molecule has 116 valence electrons. The van der Waals surface area contributed by atoms with Crippen LogP contribution in [0.25, 0.3) is 0 Å². The number of amides is 1. The van der Waals surface area contributed by atoms with Crippen molar-refractivity contribution in [2.24, 2.45) is 0 Å². The number of carbonyl (C=O) groups is 1. The summed E-state index contributed by atoms with van der Waals surface area (Å²) in [5.74, 6) is -0.0243. The molecule has 6 heteroatoms. The Bertz CT molecular complexity index is 607. The van der Waals surface area contributed by atoms with E-state index in [0.717, 1.165) is 30.2 Å². The molecule has 0 spiro atoms. The minimum atomic E-state index is -0.0243. The maximum absolute atomic E-state index is 12.1. The van der Waals surface area contributed by atoms with E-state index in [9.17, 15) is 4.79 Å². The third-order valence-electron chi connectivity index (χ3n) is 3.62. The molecular formula is C16H19N3O3. The van der Waals surface area contributed by atoms with Crippen molar-refractivity contribution in [3.05, 3.63) is 42.6 Å². The lowest BCUT2D eigenvalue weighted by molar-refractivity contribution is -0.116. The number of morpholine rings is 1. The number of oxazole rings is 1. The monoisotopic (exact) mass is 301 g/mol. The van der Waals surface area contributed by atoms with Gasteiger partial charge in [-0.05, 0) is 12.1 Å². The Labute approximate surface area is 129 Å². The highest BCUT2D eigenvalue weighted by atomic mass is 16.5. The summed E-state index contributed by atoms with van der Waals surface area (Å²) >= 11 is 0. The van der Waals surface area contributed by atoms with Gasteiger partial charge in [0.05, 0.1) is 30.3 Å². The standard InChI is InChI=1S/C16H19N3O3/c20-16(6-5-13-11-22-12-17-13)18-14-3-1-2-4-15(14)19-7-9-21-10-8-19/h1-4,11-12H,5-10H2,(H,18,20). The number of carbonyl (C=O) groups excluding carboxylic acids is 1. The fourth-order valence-corrected chi connectivity index (χ4v) is 2.47. The number of aromatic nitrogens is 1. The molecule has 22 heavy (non-hydrogen) atoms. The average molecular weight is 301 g/mol. The molecule has 0 atom stereocenters. The minimum Gasteiger partial charge on any atom is -0.451 e. The smallest absolute Gasteiger partial charge is 0.224 e. The van der Waals surface area contributed by atoms with E-state index in [1.54, 1.807) is 6.26 Å². The van der Waals surface area contributed by atoms with Crippen LogP contribution in [0.15, 0.2) is 41.3 Å². The van der Waals surface area contributed by atoms with Gasteiger partial charge in [0.1, 0.15) is 6.26 Å². The number of benzene rings is 1. The SMILES string of the molecule is O=C(CCc1cocn1)Nc1ccccc1N1CCOCC1. The Morgan fingerprint density at radius 2 is 2.09 bits per heavy atom. The lowest BCUT2D eigenvalue weighted by Gasteiger charge is -2.30. The number of rotatable bonds is 5. The zero-order valence-corrected chi connectivity index (χ0v) is 12.3. The van der Waals surface area contributed by atoms with E-state index in [1.807, 2.05) is 24.3 Å². The molecule has 3 rings (SSSR count). The lowest BCUT2D eigenvalue weighted by Crippen LogP contribution is -2.36. The first kappa shape index (κ1) is 14.6. The zero-order chi connectivity index (χ0) is 15.2. The van der Waals surface area contributed by atoms with Crippen LogP contribution in [-0.2, 0) is 16.0 Å². The molecule has 1 fully saturated rings. The molecule has 0 saturated carbocycles. The van der Waals surface area contributed by atoms with Gasteiger partial charge in [0.2, 0.25) is 5.91 Å². The van der Waals surface area contributed by atoms with Crippen molar-refractivity contribution in [2.75, 3.05) is 36.5 Å². The summed E-state index contributed by atoms with van der Waals surface area (Å²) in [6.07, 6.45) is 3.89. The molecule has 1 aliphatic heterocycles. The Morgan fingerprint density at radius 1 is 1.27 bits per heavy atom. The van der Waals surface area contributed by atoms with E-state index in [4.69, 9.17) is 9.15 Å². The minimum absolute atomic E-state index is 0.0243. The number of hydrogen-bond donors (Lipinski definition) is 1. The first-order valence-corrected chi connectivity index (χ1v) is 7.41. The van der Waals surface area contributed by atoms with Gasteiger partial charge in [0, 0.05) is 25.9 Å². The van der Waals surface area contributed by atoms with Crippen molar-refractivity contribution in [2.45, 2.75) is 12.8 Å². The van der Waals surface area contributed by atoms with Gasteiger partial charge in [-0.25, -0.2) is 4.98 Å². The molecule has 0 radical (unpaired) electrons. The van der Waals surface area contributed by atoms with Crippen molar-refractivity contribution in [1.29, 1.82) is 0 Å². The van der Waals surface area contributed by atoms with Crippen LogP contribution in [0, 0.1) is 0 Å². The quantitative estimate of drug-likeness (QED) is 0.916. The molecule has 1 N–H and O–H groups in total. The third-order valence-corrected chi connectivity index (χ3v) is 3.62.